The number of halogens is 2. The van der Waals surface area contributed by atoms with Crippen LogP contribution in [0, 0.1) is 19.9 Å². The summed E-state index contributed by atoms with van der Waals surface area (Å²) in [6, 6.07) is 2.59. The summed E-state index contributed by atoms with van der Waals surface area (Å²) in [4.78, 5) is 3.62. The maximum absolute atomic E-state index is 11.7. The quantitative estimate of drug-likeness (QED) is 0.681. The van der Waals surface area contributed by atoms with Gasteiger partial charge in [0, 0.05) is 6.20 Å². The molecule has 0 saturated carbocycles. The highest BCUT2D eigenvalue weighted by atomic mass is 19.3. The van der Waals surface area contributed by atoms with E-state index >= 15 is 0 Å². The largest absolute Gasteiger partial charge is 0.416 e. The molecule has 0 aromatic carbocycles. The standard InChI is InChI=1S/C8H8F2NO/c1-5-3-7(12-8(9)10)11-4-6(5)2/h4,8H,1-2H3. The van der Waals surface area contributed by atoms with E-state index in [0.717, 1.165) is 11.1 Å². The molecule has 12 heavy (non-hydrogen) atoms. The van der Waals surface area contributed by atoms with Crippen molar-refractivity contribution in [3.63, 3.8) is 0 Å². The van der Waals surface area contributed by atoms with Crippen LogP contribution in [0.2, 0.25) is 0 Å². The smallest absolute Gasteiger partial charge is 0.388 e. The third-order valence-electron chi connectivity index (χ3n) is 1.46. The average Bonchev–Trinajstić information content (AvgIpc) is 1.96. The Hall–Kier alpha value is -1.19. The van der Waals surface area contributed by atoms with Gasteiger partial charge in [-0.05, 0) is 25.0 Å². The van der Waals surface area contributed by atoms with Gasteiger partial charge < -0.3 is 4.74 Å². The lowest BCUT2D eigenvalue weighted by atomic mass is 10.2. The van der Waals surface area contributed by atoms with Crippen LogP contribution in [0.4, 0.5) is 8.78 Å². The average molecular weight is 172 g/mol. The second kappa shape index (κ2) is 3.47. The topological polar surface area (TPSA) is 22.1 Å². The van der Waals surface area contributed by atoms with Crippen molar-refractivity contribution in [3.8, 4) is 5.88 Å². The van der Waals surface area contributed by atoms with Gasteiger partial charge in [0.05, 0.1) is 6.07 Å². The van der Waals surface area contributed by atoms with Crippen molar-refractivity contribution in [2.45, 2.75) is 20.5 Å². The molecule has 2 nitrogen and oxygen atoms in total. The Kier molecular flexibility index (Phi) is 2.58. The predicted molar refractivity (Wildman–Crippen MR) is 39.2 cm³/mol. The minimum atomic E-state index is -2.84. The lowest BCUT2D eigenvalue weighted by Gasteiger charge is -2.04. The number of aryl methyl sites for hydroxylation is 2. The number of hydrogen-bond acceptors (Lipinski definition) is 2. The Morgan fingerprint density at radius 1 is 1.50 bits per heavy atom. The van der Waals surface area contributed by atoms with E-state index in [1.807, 2.05) is 6.92 Å². The summed E-state index contributed by atoms with van der Waals surface area (Å²) in [5.74, 6) is -0.159. The Morgan fingerprint density at radius 2 is 2.17 bits per heavy atom. The third-order valence-corrected chi connectivity index (χ3v) is 1.46. The minimum absolute atomic E-state index is 0.159. The van der Waals surface area contributed by atoms with Crippen molar-refractivity contribution in [2.24, 2.45) is 0 Å². The molecule has 0 N–H and O–H groups in total. The predicted octanol–water partition coefficient (Wildman–Crippen LogP) is 2.10. The van der Waals surface area contributed by atoms with Crippen molar-refractivity contribution >= 4 is 0 Å². The van der Waals surface area contributed by atoms with E-state index in [1.54, 1.807) is 6.92 Å². The number of rotatable bonds is 2. The SMILES string of the molecule is Cc1[c]c(OC(F)F)ncc1C. The zero-order valence-corrected chi connectivity index (χ0v) is 6.77. The van der Waals surface area contributed by atoms with Crippen LogP contribution >= 0.6 is 0 Å². The molecule has 0 aliphatic carbocycles. The van der Waals surface area contributed by atoms with Crippen LogP contribution in [0.15, 0.2) is 6.20 Å². The molecule has 1 radical (unpaired) electrons. The van der Waals surface area contributed by atoms with Crippen LogP contribution in [0.3, 0.4) is 0 Å². The molecule has 65 valence electrons. The number of aromatic nitrogens is 1. The van der Waals surface area contributed by atoms with E-state index in [9.17, 15) is 8.78 Å². The van der Waals surface area contributed by atoms with E-state index < -0.39 is 6.61 Å². The van der Waals surface area contributed by atoms with Gasteiger partial charge in [-0.25, -0.2) is 4.98 Å². The van der Waals surface area contributed by atoms with Crippen molar-refractivity contribution in [2.75, 3.05) is 0 Å². The van der Waals surface area contributed by atoms with E-state index in [2.05, 4.69) is 15.8 Å². The van der Waals surface area contributed by atoms with Gasteiger partial charge in [-0.2, -0.15) is 8.78 Å². The lowest BCUT2D eigenvalue weighted by Crippen LogP contribution is -2.04. The summed E-state index contributed by atoms with van der Waals surface area (Å²) < 4.78 is 27.4. The van der Waals surface area contributed by atoms with Crippen molar-refractivity contribution in [1.29, 1.82) is 0 Å². The molecule has 0 bridgehead atoms. The first-order valence-corrected chi connectivity index (χ1v) is 3.40. The van der Waals surface area contributed by atoms with Crippen LogP contribution in [-0.2, 0) is 0 Å². The van der Waals surface area contributed by atoms with Gasteiger partial charge >= 0.3 is 6.61 Å². The molecular formula is C8H8F2NO. The summed E-state index contributed by atoms with van der Waals surface area (Å²) >= 11 is 0. The van der Waals surface area contributed by atoms with Crippen molar-refractivity contribution < 1.29 is 13.5 Å². The first kappa shape index (κ1) is 8.90. The fraction of sp³-hybridized carbons (Fsp3) is 0.375. The van der Waals surface area contributed by atoms with E-state index in [0.29, 0.717) is 0 Å². The summed E-state index contributed by atoms with van der Waals surface area (Å²) in [5.41, 5.74) is 1.66. The van der Waals surface area contributed by atoms with Gasteiger partial charge in [0.2, 0.25) is 5.88 Å². The molecule has 1 heterocycles. The molecule has 0 fully saturated rings. The fourth-order valence-electron chi connectivity index (χ4n) is 0.688. The first-order chi connectivity index (χ1) is 5.59. The Morgan fingerprint density at radius 3 is 2.67 bits per heavy atom. The van der Waals surface area contributed by atoms with Gasteiger partial charge in [0.15, 0.2) is 0 Å². The van der Waals surface area contributed by atoms with Gasteiger partial charge in [-0.1, -0.05) is 0 Å². The number of alkyl halides is 2. The molecular weight excluding hydrogens is 164 g/mol. The van der Waals surface area contributed by atoms with Crippen LogP contribution in [0.1, 0.15) is 11.1 Å². The number of hydrogen-bond donors (Lipinski definition) is 0. The molecule has 0 aliphatic rings. The van der Waals surface area contributed by atoms with Gasteiger partial charge in [0.25, 0.3) is 0 Å². The second-order valence-corrected chi connectivity index (χ2v) is 2.37. The molecule has 0 amide bonds. The molecule has 4 heteroatoms. The molecule has 0 aliphatic heterocycles. The Labute approximate surface area is 69.2 Å². The molecule has 0 unspecified atom stereocenters. The highest BCUT2D eigenvalue weighted by Gasteiger charge is 2.06. The van der Waals surface area contributed by atoms with E-state index in [1.165, 1.54) is 6.20 Å². The number of nitrogens with zero attached hydrogens (tertiary/aromatic N) is 1. The van der Waals surface area contributed by atoms with Gasteiger partial charge in [-0.3, -0.25) is 0 Å². The third kappa shape index (κ3) is 2.15. The van der Waals surface area contributed by atoms with Crippen molar-refractivity contribution in [1.82, 2.24) is 4.98 Å². The Balaban J connectivity index is 2.82. The summed E-state index contributed by atoms with van der Waals surface area (Å²) in [7, 11) is 0. The van der Waals surface area contributed by atoms with Crippen LogP contribution < -0.4 is 4.74 Å². The fourth-order valence-corrected chi connectivity index (χ4v) is 0.688. The number of pyridine rings is 1. The van der Waals surface area contributed by atoms with E-state index in [-0.39, 0.29) is 5.88 Å². The minimum Gasteiger partial charge on any atom is -0.416 e. The second-order valence-electron chi connectivity index (χ2n) is 2.37. The zero-order valence-electron chi connectivity index (χ0n) is 6.77. The Bertz CT molecular complexity index is 276. The zero-order chi connectivity index (χ0) is 9.14. The van der Waals surface area contributed by atoms with Crippen LogP contribution in [-0.4, -0.2) is 11.6 Å². The first-order valence-electron chi connectivity index (χ1n) is 3.40. The molecule has 1 rings (SSSR count). The van der Waals surface area contributed by atoms with Crippen molar-refractivity contribution in [3.05, 3.63) is 23.4 Å². The molecule has 1 aromatic rings. The lowest BCUT2D eigenvalue weighted by molar-refractivity contribution is -0.0530. The maximum atomic E-state index is 11.7. The molecule has 0 atom stereocenters. The summed E-state index contributed by atoms with van der Waals surface area (Å²) in [6.07, 6.45) is 1.48. The number of ether oxygens (including phenoxy) is 1. The van der Waals surface area contributed by atoms with Gasteiger partial charge in [0.1, 0.15) is 0 Å². The normalized spacial score (nSPS) is 10.4. The van der Waals surface area contributed by atoms with E-state index in [4.69, 9.17) is 0 Å². The van der Waals surface area contributed by atoms with Crippen LogP contribution in [0.25, 0.3) is 0 Å². The molecule has 1 aromatic heterocycles. The van der Waals surface area contributed by atoms with Gasteiger partial charge in [-0.15, -0.1) is 0 Å². The van der Waals surface area contributed by atoms with Crippen LogP contribution in [0.5, 0.6) is 5.88 Å². The maximum Gasteiger partial charge on any atom is 0.388 e. The monoisotopic (exact) mass is 172 g/mol. The molecule has 0 saturated heterocycles. The molecule has 0 spiro atoms. The summed E-state index contributed by atoms with van der Waals surface area (Å²) in [5, 5.41) is 0. The highest BCUT2D eigenvalue weighted by Crippen LogP contribution is 2.13. The highest BCUT2D eigenvalue weighted by molar-refractivity contribution is 5.24. The summed E-state index contributed by atoms with van der Waals surface area (Å²) in [6.45, 7) is 0.746.